The number of rotatable bonds is 4. The molecule has 226 valence electrons. The van der Waals surface area contributed by atoms with Crippen molar-refractivity contribution in [2.45, 2.75) is 12.3 Å². The zero-order valence-electron chi connectivity index (χ0n) is 26.3. The van der Waals surface area contributed by atoms with E-state index in [-0.39, 0.29) is 5.92 Å². The summed E-state index contributed by atoms with van der Waals surface area (Å²) in [6.45, 7) is 0. The molecule has 0 aromatic heterocycles. The van der Waals surface area contributed by atoms with Crippen LogP contribution in [0.3, 0.4) is 0 Å². The third-order valence-electron chi connectivity index (χ3n) is 10.2. The summed E-state index contributed by atoms with van der Waals surface area (Å²) in [6, 6.07) is 59.2. The minimum absolute atomic E-state index is 0.229. The molecule has 0 amide bonds. The summed E-state index contributed by atoms with van der Waals surface area (Å²) < 4.78 is 6.86. The van der Waals surface area contributed by atoms with Crippen molar-refractivity contribution in [3.05, 3.63) is 180 Å². The molecule has 10 rings (SSSR count). The third-order valence-corrected chi connectivity index (χ3v) is 10.2. The first-order valence-electron chi connectivity index (χ1n) is 16.7. The zero-order valence-corrected chi connectivity index (χ0v) is 26.3. The van der Waals surface area contributed by atoms with Crippen molar-refractivity contribution in [3.8, 4) is 16.9 Å². The molecule has 2 aliphatic rings. The molecule has 0 bridgehead atoms. The minimum atomic E-state index is 0.229. The van der Waals surface area contributed by atoms with Gasteiger partial charge < -0.3 is 9.64 Å². The van der Waals surface area contributed by atoms with Gasteiger partial charge >= 0.3 is 0 Å². The Morgan fingerprint density at radius 2 is 1.21 bits per heavy atom. The zero-order chi connectivity index (χ0) is 31.6. The van der Waals surface area contributed by atoms with Crippen LogP contribution < -0.4 is 20.1 Å². The Balaban J connectivity index is 1.13. The Hall–Kier alpha value is -6.12. The number of para-hydroxylation sites is 2. The minimum Gasteiger partial charge on any atom is -0.458 e. The number of hydrogen-bond acceptors (Lipinski definition) is 2. The highest BCUT2D eigenvalue weighted by Gasteiger charge is 2.34. The predicted molar refractivity (Wildman–Crippen MR) is 201 cm³/mol. The van der Waals surface area contributed by atoms with E-state index in [1.807, 2.05) is 0 Å². The lowest BCUT2D eigenvalue weighted by Crippen LogP contribution is -2.31. The van der Waals surface area contributed by atoms with Gasteiger partial charge in [0.25, 0.3) is 0 Å². The van der Waals surface area contributed by atoms with Crippen molar-refractivity contribution in [2.75, 3.05) is 4.90 Å². The van der Waals surface area contributed by atoms with Crippen LogP contribution in [0, 0.1) is 0 Å². The van der Waals surface area contributed by atoms with E-state index in [1.165, 1.54) is 59.4 Å². The second-order valence-electron chi connectivity index (χ2n) is 12.8. The average molecular weight is 614 g/mol. The Morgan fingerprint density at radius 1 is 0.521 bits per heavy atom. The molecule has 2 heteroatoms. The molecule has 0 spiro atoms. The highest BCUT2D eigenvalue weighted by Crippen LogP contribution is 2.51. The maximum absolute atomic E-state index is 6.86. The van der Waals surface area contributed by atoms with Crippen molar-refractivity contribution < 1.29 is 4.74 Å². The molecule has 2 nitrogen and oxygen atoms in total. The van der Waals surface area contributed by atoms with Gasteiger partial charge in [-0.05, 0) is 85.4 Å². The Labute approximate surface area is 279 Å². The molecule has 1 unspecified atom stereocenters. The van der Waals surface area contributed by atoms with Crippen molar-refractivity contribution in [3.63, 3.8) is 0 Å². The van der Waals surface area contributed by atoms with Gasteiger partial charge in [-0.1, -0.05) is 140 Å². The smallest absolute Gasteiger partial charge is 0.154 e. The second kappa shape index (κ2) is 10.7. The molecule has 1 aliphatic heterocycles. The van der Waals surface area contributed by atoms with Crippen LogP contribution in [0.15, 0.2) is 164 Å². The van der Waals surface area contributed by atoms with Crippen molar-refractivity contribution in [2.24, 2.45) is 0 Å². The molecular formula is C46H31NO. The summed E-state index contributed by atoms with van der Waals surface area (Å²) >= 11 is 0. The lowest BCUT2D eigenvalue weighted by atomic mass is 9.90. The van der Waals surface area contributed by atoms with E-state index >= 15 is 0 Å². The van der Waals surface area contributed by atoms with Gasteiger partial charge in [-0.25, -0.2) is 0 Å². The van der Waals surface area contributed by atoms with E-state index in [2.05, 4.69) is 175 Å². The van der Waals surface area contributed by atoms with E-state index in [9.17, 15) is 0 Å². The highest BCUT2D eigenvalue weighted by atomic mass is 16.5. The summed E-state index contributed by atoms with van der Waals surface area (Å²) in [6.07, 6.45) is 3.29. The topological polar surface area (TPSA) is 12.5 Å². The third kappa shape index (κ3) is 4.13. The first kappa shape index (κ1) is 27.0. The first-order chi connectivity index (χ1) is 23.8. The lowest BCUT2D eigenvalue weighted by molar-refractivity contribution is 0.510. The van der Waals surface area contributed by atoms with Crippen LogP contribution in [-0.4, -0.2) is 0 Å². The van der Waals surface area contributed by atoms with Gasteiger partial charge in [-0.15, -0.1) is 0 Å². The monoisotopic (exact) mass is 613 g/mol. The van der Waals surface area contributed by atoms with Gasteiger partial charge in [0.1, 0.15) is 5.76 Å². The summed E-state index contributed by atoms with van der Waals surface area (Å²) in [5.74, 6) is 2.24. The van der Waals surface area contributed by atoms with Gasteiger partial charge in [0.2, 0.25) is 0 Å². The van der Waals surface area contributed by atoms with E-state index in [1.54, 1.807) is 0 Å². The molecular weight excluding hydrogens is 583 g/mol. The van der Waals surface area contributed by atoms with Crippen LogP contribution in [-0.2, 0) is 0 Å². The van der Waals surface area contributed by atoms with Gasteiger partial charge in [-0.3, -0.25) is 0 Å². The molecule has 0 fully saturated rings. The van der Waals surface area contributed by atoms with Gasteiger partial charge in [0.15, 0.2) is 5.75 Å². The second-order valence-corrected chi connectivity index (χ2v) is 12.8. The molecule has 1 aliphatic carbocycles. The van der Waals surface area contributed by atoms with Crippen LogP contribution in [0.25, 0.3) is 55.3 Å². The van der Waals surface area contributed by atoms with Gasteiger partial charge in [0, 0.05) is 22.2 Å². The normalized spacial score (nSPS) is 14.7. The number of fused-ring (bicyclic) bond motifs is 9. The molecule has 8 aromatic rings. The van der Waals surface area contributed by atoms with Crippen LogP contribution >= 0.6 is 0 Å². The maximum atomic E-state index is 6.86. The predicted octanol–water partition coefficient (Wildman–Crippen LogP) is 10.8. The summed E-state index contributed by atoms with van der Waals surface area (Å²) in [5, 5.41) is 10.1. The molecule has 0 saturated heterocycles. The van der Waals surface area contributed by atoms with Crippen LogP contribution in [0.1, 0.15) is 17.9 Å². The van der Waals surface area contributed by atoms with Crippen molar-refractivity contribution >= 4 is 61.2 Å². The van der Waals surface area contributed by atoms with E-state index in [0.717, 1.165) is 35.0 Å². The van der Waals surface area contributed by atoms with Gasteiger partial charge in [0.05, 0.1) is 11.6 Å². The number of hydrogen-bond donors (Lipinski definition) is 0. The van der Waals surface area contributed by atoms with E-state index < -0.39 is 0 Å². The molecule has 0 N–H and O–H groups in total. The Kier molecular flexibility index (Phi) is 6.04. The summed E-state index contributed by atoms with van der Waals surface area (Å²) in [5.41, 5.74) is 6.92. The van der Waals surface area contributed by atoms with Crippen LogP contribution in [0.5, 0.6) is 5.75 Å². The fourth-order valence-electron chi connectivity index (χ4n) is 7.96. The fraction of sp³-hybridized carbons (Fsp3) is 0.0435. The Morgan fingerprint density at radius 3 is 2.08 bits per heavy atom. The van der Waals surface area contributed by atoms with Crippen molar-refractivity contribution in [1.82, 2.24) is 0 Å². The maximum Gasteiger partial charge on any atom is 0.154 e. The summed E-state index contributed by atoms with van der Waals surface area (Å²) in [7, 11) is 0. The van der Waals surface area contributed by atoms with E-state index in [0.29, 0.717) is 0 Å². The highest BCUT2D eigenvalue weighted by molar-refractivity contribution is 6.23. The Bertz CT molecular complexity index is 2670. The number of anilines is 3. The van der Waals surface area contributed by atoms with Gasteiger partial charge in [-0.2, -0.15) is 0 Å². The van der Waals surface area contributed by atoms with Crippen molar-refractivity contribution in [1.29, 1.82) is 0 Å². The average Bonchev–Trinajstić information content (AvgIpc) is 3.55. The number of nitrogens with zero attached hydrogens (tertiary/aromatic N) is 1. The number of ether oxygens (including phenoxy) is 1. The molecule has 48 heavy (non-hydrogen) atoms. The number of benzene rings is 8. The quantitative estimate of drug-likeness (QED) is 0.183. The van der Waals surface area contributed by atoms with Crippen LogP contribution in [0.4, 0.5) is 17.1 Å². The summed E-state index contributed by atoms with van der Waals surface area (Å²) in [4.78, 5) is 2.34. The molecule has 1 atom stereocenters. The molecule has 0 radical (unpaired) electrons. The van der Waals surface area contributed by atoms with Crippen LogP contribution in [0.2, 0.25) is 0 Å². The first-order valence-corrected chi connectivity index (χ1v) is 16.7. The molecule has 8 aromatic carbocycles. The fourth-order valence-corrected chi connectivity index (χ4v) is 7.96. The SMILES string of the molecule is C1=c2ccccc2=C2Oc3c(cccc3N(c3ccccc3)c3ccc(-c4cccc5ccc6ccc7ccccc7c6c45)cc3)C2C1. The molecule has 1 heterocycles. The standard InChI is InChI=1S/C46H31NO/c1-2-13-35(14-3-1)47(42-19-9-18-40-41-29-26-31-11-5-7-16-39(31)45(41)48-46(40)42)36-27-24-32(25-28-36)38-17-8-12-33-22-23-34-21-20-30-10-4-6-15-37(30)44(34)43(33)38/h1-28,41H,29H2. The molecule has 0 saturated carbocycles. The largest absolute Gasteiger partial charge is 0.458 e. The van der Waals surface area contributed by atoms with E-state index in [4.69, 9.17) is 4.74 Å². The lowest BCUT2D eigenvalue weighted by Gasteiger charge is -2.27.